The first-order valence-electron chi connectivity index (χ1n) is 12.2. The third-order valence-electron chi connectivity index (χ3n) is 6.16. The van der Waals surface area contributed by atoms with Crippen LogP contribution < -0.4 is 24.7 Å². The molecule has 0 bridgehead atoms. The molecule has 0 saturated heterocycles. The van der Waals surface area contributed by atoms with E-state index in [1.165, 1.54) is 30.3 Å². The van der Waals surface area contributed by atoms with Gasteiger partial charge in [0.15, 0.2) is 6.61 Å². The zero-order chi connectivity index (χ0) is 28.1. The first-order valence-corrected chi connectivity index (χ1v) is 12.6. The Morgan fingerprint density at radius 2 is 1.62 bits per heavy atom. The minimum absolute atomic E-state index is 0.0397. The van der Waals surface area contributed by atoms with E-state index in [0.717, 1.165) is 11.1 Å². The Kier molecular flexibility index (Phi) is 7.85. The molecule has 7 nitrogen and oxygen atoms in total. The molecule has 4 aromatic carbocycles. The maximum atomic E-state index is 13.0. The second kappa shape index (κ2) is 11.8. The number of carbonyl (C=O) groups is 1. The number of nitriles is 1. The molecule has 0 aliphatic carbocycles. The second-order valence-electron chi connectivity index (χ2n) is 8.79. The summed E-state index contributed by atoms with van der Waals surface area (Å²) in [6, 6.07) is 27.1. The Morgan fingerprint density at radius 3 is 2.35 bits per heavy atom. The van der Waals surface area contributed by atoms with Crippen LogP contribution >= 0.6 is 11.6 Å². The van der Waals surface area contributed by atoms with Crippen LogP contribution in [0.5, 0.6) is 23.0 Å². The van der Waals surface area contributed by atoms with Crippen LogP contribution in [0, 0.1) is 17.1 Å². The summed E-state index contributed by atoms with van der Waals surface area (Å²) in [5.74, 6) is -0.0843. The lowest BCUT2D eigenvalue weighted by atomic mass is 9.83. The van der Waals surface area contributed by atoms with Crippen LogP contribution in [-0.2, 0) is 11.4 Å². The number of allylic oxidation sites excluding steroid dienone is 1. The van der Waals surface area contributed by atoms with E-state index in [1.54, 1.807) is 18.2 Å². The standard InChI is InChI=1S/C31H22ClFN2O5/c32-27-4-2-1-3-20(27)17-37-22-9-5-19(6-10-22)30-25-14-13-24(15-28(25)40-31(35)26(30)16-34)39-29(36)18-38-23-11-7-21(33)8-12-23/h1-15,30H,17-18,35H2. The number of hydrogen-bond acceptors (Lipinski definition) is 7. The molecule has 0 spiro atoms. The fraction of sp³-hybridized carbons (Fsp3) is 0.0968. The fourth-order valence-electron chi connectivity index (χ4n) is 4.21. The van der Waals surface area contributed by atoms with Gasteiger partial charge in [0.1, 0.15) is 47.1 Å². The van der Waals surface area contributed by atoms with Crippen molar-refractivity contribution in [1.82, 2.24) is 0 Å². The largest absolute Gasteiger partial charge is 0.489 e. The van der Waals surface area contributed by atoms with Crippen LogP contribution in [0.1, 0.15) is 22.6 Å². The van der Waals surface area contributed by atoms with Crippen molar-refractivity contribution in [2.75, 3.05) is 6.61 Å². The summed E-state index contributed by atoms with van der Waals surface area (Å²) >= 11 is 6.21. The zero-order valence-corrected chi connectivity index (χ0v) is 21.7. The predicted molar refractivity (Wildman–Crippen MR) is 145 cm³/mol. The van der Waals surface area contributed by atoms with Crippen molar-refractivity contribution in [2.24, 2.45) is 5.73 Å². The van der Waals surface area contributed by atoms with Crippen LogP contribution in [0.25, 0.3) is 0 Å². The number of nitrogens with zero attached hydrogens (tertiary/aromatic N) is 1. The monoisotopic (exact) mass is 556 g/mol. The maximum absolute atomic E-state index is 13.0. The number of hydrogen-bond donors (Lipinski definition) is 1. The summed E-state index contributed by atoms with van der Waals surface area (Å²) in [6.45, 7) is -0.0659. The lowest BCUT2D eigenvalue weighted by Crippen LogP contribution is -2.21. The van der Waals surface area contributed by atoms with E-state index in [0.29, 0.717) is 34.4 Å². The number of nitrogens with two attached hydrogens (primary N) is 1. The molecule has 40 heavy (non-hydrogen) atoms. The van der Waals surface area contributed by atoms with E-state index >= 15 is 0 Å². The molecule has 2 N–H and O–H groups in total. The minimum Gasteiger partial charge on any atom is -0.489 e. The van der Waals surface area contributed by atoms with Gasteiger partial charge in [0.2, 0.25) is 5.88 Å². The average Bonchev–Trinajstić information content (AvgIpc) is 2.96. The molecule has 1 unspecified atom stereocenters. The van der Waals surface area contributed by atoms with Gasteiger partial charge in [-0.1, -0.05) is 48.0 Å². The summed E-state index contributed by atoms with van der Waals surface area (Å²) in [6.07, 6.45) is 0. The molecule has 1 aliphatic rings. The Bertz CT molecular complexity index is 1610. The van der Waals surface area contributed by atoms with E-state index in [1.807, 2.05) is 42.5 Å². The number of carbonyl (C=O) groups excluding carboxylic acids is 1. The van der Waals surface area contributed by atoms with Gasteiger partial charge in [0, 0.05) is 22.2 Å². The van der Waals surface area contributed by atoms with Gasteiger partial charge in [-0.15, -0.1) is 0 Å². The van der Waals surface area contributed by atoms with Crippen molar-refractivity contribution >= 4 is 17.6 Å². The third-order valence-corrected chi connectivity index (χ3v) is 6.53. The molecule has 4 aromatic rings. The molecule has 0 saturated carbocycles. The molecule has 200 valence electrons. The molecule has 5 rings (SSSR count). The Morgan fingerprint density at radius 1 is 0.950 bits per heavy atom. The van der Waals surface area contributed by atoms with Crippen molar-refractivity contribution in [3.8, 4) is 29.1 Å². The molecule has 1 atom stereocenters. The molecule has 9 heteroatoms. The highest BCUT2D eigenvalue weighted by atomic mass is 35.5. The normalized spacial score (nSPS) is 14.0. The first-order chi connectivity index (χ1) is 19.4. The number of fused-ring (bicyclic) bond motifs is 1. The maximum Gasteiger partial charge on any atom is 0.349 e. The van der Waals surface area contributed by atoms with Gasteiger partial charge in [-0.05, 0) is 54.1 Å². The molecule has 0 aromatic heterocycles. The number of halogens is 2. The van der Waals surface area contributed by atoms with Crippen LogP contribution in [0.3, 0.4) is 0 Å². The minimum atomic E-state index is -0.662. The SMILES string of the molecule is N#CC1=C(N)Oc2cc(OC(=O)COc3ccc(F)cc3)ccc2C1c1ccc(OCc2ccccc2Cl)cc1. The van der Waals surface area contributed by atoms with Crippen LogP contribution in [0.4, 0.5) is 4.39 Å². The van der Waals surface area contributed by atoms with Crippen molar-refractivity contribution in [1.29, 1.82) is 5.26 Å². The second-order valence-corrected chi connectivity index (χ2v) is 9.20. The van der Waals surface area contributed by atoms with Crippen molar-refractivity contribution in [3.05, 3.63) is 130 Å². The van der Waals surface area contributed by atoms with Gasteiger partial charge in [-0.3, -0.25) is 0 Å². The Labute approximate surface area is 234 Å². The molecule has 0 amide bonds. The van der Waals surface area contributed by atoms with Gasteiger partial charge in [-0.25, -0.2) is 9.18 Å². The summed E-state index contributed by atoms with van der Waals surface area (Å²) in [5, 5.41) is 10.5. The first kappa shape index (κ1) is 26.6. The molecule has 1 aliphatic heterocycles. The molecule has 0 radical (unpaired) electrons. The quantitative estimate of drug-likeness (QED) is 0.202. The van der Waals surface area contributed by atoms with Crippen molar-refractivity contribution in [3.63, 3.8) is 0 Å². The lowest BCUT2D eigenvalue weighted by Gasteiger charge is -2.26. The zero-order valence-electron chi connectivity index (χ0n) is 21.0. The summed E-state index contributed by atoms with van der Waals surface area (Å²) in [4.78, 5) is 12.3. The summed E-state index contributed by atoms with van der Waals surface area (Å²) in [5.41, 5.74) is 8.71. The topological polar surface area (TPSA) is 104 Å². The van der Waals surface area contributed by atoms with Gasteiger partial charge < -0.3 is 24.7 Å². The highest BCUT2D eigenvalue weighted by molar-refractivity contribution is 6.31. The van der Waals surface area contributed by atoms with E-state index in [4.69, 9.17) is 36.3 Å². The van der Waals surface area contributed by atoms with Gasteiger partial charge in [-0.2, -0.15) is 5.26 Å². The number of esters is 1. The number of ether oxygens (including phenoxy) is 4. The summed E-state index contributed by atoms with van der Waals surface area (Å²) in [7, 11) is 0. The van der Waals surface area contributed by atoms with Gasteiger partial charge >= 0.3 is 5.97 Å². The average molecular weight is 557 g/mol. The third kappa shape index (κ3) is 6.01. The van der Waals surface area contributed by atoms with Crippen molar-refractivity contribution < 1.29 is 28.1 Å². The molecular formula is C31H22ClFN2O5. The molecule has 1 heterocycles. The van der Waals surface area contributed by atoms with Crippen LogP contribution in [0.15, 0.2) is 102 Å². The Balaban J connectivity index is 1.30. The summed E-state index contributed by atoms with van der Waals surface area (Å²) < 4.78 is 35.3. The van der Waals surface area contributed by atoms with E-state index in [9.17, 15) is 14.4 Å². The lowest BCUT2D eigenvalue weighted by molar-refractivity contribution is -0.136. The smallest absolute Gasteiger partial charge is 0.349 e. The highest BCUT2D eigenvalue weighted by Gasteiger charge is 2.31. The molecule has 0 fully saturated rings. The fourth-order valence-corrected chi connectivity index (χ4v) is 4.40. The van der Waals surface area contributed by atoms with Gasteiger partial charge in [0.25, 0.3) is 0 Å². The molecular weight excluding hydrogens is 535 g/mol. The van der Waals surface area contributed by atoms with Crippen molar-refractivity contribution in [2.45, 2.75) is 12.5 Å². The highest BCUT2D eigenvalue weighted by Crippen LogP contribution is 2.43. The van der Waals surface area contributed by atoms with Gasteiger partial charge in [0.05, 0.1) is 5.92 Å². The predicted octanol–water partition coefficient (Wildman–Crippen LogP) is 6.26. The van der Waals surface area contributed by atoms with E-state index < -0.39 is 17.7 Å². The van der Waals surface area contributed by atoms with E-state index in [2.05, 4.69) is 6.07 Å². The van der Waals surface area contributed by atoms with Crippen LogP contribution in [-0.4, -0.2) is 12.6 Å². The Hall–Kier alpha value is -5.00. The number of benzene rings is 4. The van der Waals surface area contributed by atoms with E-state index in [-0.39, 0.29) is 23.8 Å². The number of rotatable bonds is 8. The van der Waals surface area contributed by atoms with Crippen LogP contribution in [0.2, 0.25) is 5.02 Å².